The quantitative estimate of drug-likeness (QED) is 0.854. The topological polar surface area (TPSA) is 58.6 Å². The summed E-state index contributed by atoms with van der Waals surface area (Å²) in [6, 6.07) is 4.23. The van der Waals surface area contributed by atoms with Crippen LogP contribution in [0.4, 0.5) is 4.39 Å². The highest BCUT2D eigenvalue weighted by atomic mass is 19.1. The lowest BCUT2D eigenvalue weighted by Crippen LogP contribution is -2.56. The van der Waals surface area contributed by atoms with E-state index in [9.17, 15) is 14.3 Å². The molecule has 4 nitrogen and oxygen atoms in total. The van der Waals surface area contributed by atoms with Gasteiger partial charge in [-0.05, 0) is 31.4 Å². The molecule has 2 N–H and O–H groups in total. The summed E-state index contributed by atoms with van der Waals surface area (Å²) in [5.41, 5.74) is -0.704. The summed E-state index contributed by atoms with van der Waals surface area (Å²) in [4.78, 5) is 12.1. The number of hydrogen-bond donors (Lipinski definition) is 2. The molecule has 1 amide bonds. The van der Waals surface area contributed by atoms with E-state index in [1.54, 1.807) is 0 Å². The van der Waals surface area contributed by atoms with Gasteiger partial charge in [0.1, 0.15) is 17.1 Å². The maximum Gasteiger partial charge on any atom is 0.258 e. The Morgan fingerprint density at radius 1 is 1.56 bits per heavy atom. The van der Waals surface area contributed by atoms with Gasteiger partial charge in [-0.2, -0.15) is 0 Å². The fraction of sp³-hybridized carbons (Fsp3) is 0.462. The largest absolute Gasteiger partial charge is 0.496 e. The van der Waals surface area contributed by atoms with Crippen LogP contribution in [-0.2, 0) is 0 Å². The Morgan fingerprint density at radius 2 is 2.28 bits per heavy atom. The third-order valence-electron chi connectivity index (χ3n) is 3.41. The molecule has 98 valence electrons. The lowest BCUT2D eigenvalue weighted by Gasteiger charge is -2.41. The molecular weight excluding hydrogens is 237 g/mol. The molecule has 0 aromatic heterocycles. The van der Waals surface area contributed by atoms with E-state index in [1.807, 2.05) is 0 Å². The van der Waals surface area contributed by atoms with Crippen molar-refractivity contribution in [3.05, 3.63) is 29.6 Å². The maximum atomic E-state index is 13.7. The minimum Gasteiger partial charge on any atom is -0.496 e. The minimum absolute atomic E-state index is 0.111. The third kappa shape index (κ3) is 2.18. The number of benzene rings is 1. The maximum absolute atomic E-state index is 13.7. The highest BCUT2D eigenvalue weighted by molar-refractivity contribution is 5.97. The number of nitrogens with one attached hydrogen (secondary N) is 1. The van der Waals surface area contributed by atoms with Crippen molar-refractivity contribution in [3.63, 3.8) is 0 Å². The molecule has 0 heterocycles. The van der Waals surface area contributed by atoms with Crippen molar-refractivity contribution in [1.29, 1.82) is 0 Å². The van der Waals surface area contributed by atoms with E-state index in [0.717, 1.165) is 6.42 Å². The number of halogens is 1. The molecular formula is C13H16FNO3. The van der Waals surface area contributed by atoms with Gasteiger partial charge < -0.3 is 15.2 Å². The number of amides is 1. The molecule has 0 bridgehead atoms. The number of ether oxygens (including phenoxy) is 1. The number of rotatable bonds is 4. The monoisotopic (exact) mass is 253 g/mol. The lowest BCUT2D eigenvalue weighted by atomic mass is 9.77. The predicted octanol–water partition coefficient (Wildman–Crippen LogP) is 1.48. The Morgan fingerprint density at radius 3 is 2.78 bits per heavy atom. The van der Waals surface area contributed by atoms with Gasteiger partial charge in [-0.1, -0.05) is 6.07 Å². The van der Waals surface area contributed by atoms with Crippen molar-refractivity contribution >= 4 is 5.91 Å². The molecule has 0 aliphatic heterocycles. The van der Waals surface area contributed by atoms with Crippen LogP contribution >= 0.6 is 0 Å². The summed E-state index contributed by atoms with van der Waals surface area (Å²) in [7, 11) is 1.39. The molecule has 18 heavy (non-hydrogen) atoms. The van der Waals surface area contributed by atoms with Crippen LogP contribution in [0.2, 0.25) is 0 Å². The van der Waals surface area contributed by atoms with Gasteiger partial charge >= 0.3 is 0 Å². The van der Waals surface area contributed by atoms with Gasteiger partial charge in [0.2, 0.25) is 0 Å². The van der Waals surface area contributed by atoms with Crippen molar-refractivity contribution in [2.24, 2.45) is 0 Å². The molecule has 1 aromatic carbocycles. The fourth-order valence-electron chi connectivity index (χ4n) is 2.12. The molecule has 1 aromatic rings. The Hall–Kier alpha value is -1.62. The van der Waals surface area contributed by atoms with Crippen molar-refractivity contribution in [2.75, 3.05) is 13.7 Å². The van der Waals surface area contributed by atoms with Crippen LogP contribution in [0.5, 0.6) is 5.75 Å². The number of carbonyl (C=O) groups excluding carboxylic acids is 1. The Balaban J connectivity index is 2.23. The molecule has 0 spiro atoms. The standard InChI is InChI=1S/C13H16FNO3/c1-18-10-5-2-4-9(14)11(10)12(17)15-13(8-16)6-3-7-13/h2,4-5,16H,3,6-8H2,1H3,(H,15,17). The molecule has 1 aliphatic rings. The molecule has 0 atom stereocenters. The SMILES string of the molecule is COc1cccc(F)c1C(=O)NC1(CO)CCC1. The van der Waals surface area contributed by atoms with Crippen LogP contribution in [0.3, 0.4) is 0 Å². The average molecular weight is 253 g/mol. The van der Waals surface area contributed by atoms with E-state index in [0.29, 0.717) is 12.8 Å². The highest BCUT2D eigenvalue weighted by Crippen LogP contribution is 2.32. The van der Waals surface area contributed by atoms with E-state index < -0.39 is 17.3 Å². The van der Waals surface area contributed by atoms with Gasteiger partial charge in [-0.3, -0.25) is 4.79 Å². The number of aliphatic hydroxyl groups excluding tert-OH is 1. The van der Waals surface area contributed by atoms with E-state index in [-0.39, 0.29) is 17.9 Å². The molecule has 1 aliphatic carbocycles. The molecule has 5 heteroatoms. The van der Waals surface area contributed by atoms with Crippen LogP contribution < -0.4 is 10.1 Å². The normalized spacial score (nSPS) is 16.8. The van der Waals surface area contributed by atoms with E-state index in [1.165, 1.54) is 25.3 Å². The summed E-state index contributed by atoms with van der Waals surface area (Å²) >= 11 is 0. The Kier molecular flexibility index (Phi) is 3.52. The van der Waals surface area contributed by atoms with Crippen LogP contribution in [-0.4, -0.2) is 30.3 Å². The van der Waals surface area contributed by atoms with Crippen molar-refractivity contribution < 1.29 is 19.0 Å². The number of hydrogen-bond acceptors (Lipinski definition) is 3. The first-order chi connectivity index (χ1) is 8.62. The second kappa shape index (κ2) is 4.94. The summed E-state index contributed by atoms with van der Waals surface area (Å²) in [6.07, 6.45) is 2.38. The zero-order chi connectivity index (χ0) is 13.2. The van der Waals surface area contributed by atoms with Gasteiger partial charge in [0.05, 0.1) is 19.3 Å². The van der Waals surface area contributed by atoms with Gasteiger partial charge in [-0.25, -0.2) is 4.39 Å². The second-order valence-corrected chi connectivity index (χ2v) is 4.56. The van der Waals surface area contributed by atoms with Crippen LogP contribution in [0.15, 0.2) is 18.2 Å². The Bertz CT molecular complexity index is 452. The number of methoxy groups -OCH3 is 1. The van der Waals surface area contributed by atoms with Crippen LogP contribution in [0.1, 0.15) is 29.6 Å². The minimum atomic E-state index is -0.626. The summed E-state index contributed by atoms with van der Waals surface area (Å²) in [6.45, 7) is -0.129. The van der Waals surface area contributed by atoms with Crippen molar-refractivity contribution in [2.45, 2.75) is 24.8 Å². The molecule has 0 unspecified atom stereocenters. The highest BCUT2D eigenvalue weighted by Gasteiger charge is 2.38. The van der Waals surface area contributed by atoms with E-state index >= 15 is 0 Å². The first kappa shape index (κ1) is 12.8. The Labute approximate surface area is 105 Å². The second-order valence-electron chi connectivity index (χ2n) is 4.56. The number of aliphatic hydroxyl groups is 1. The third-order valence-corrected chi connectivity index (χ3v) is 3.41. The molecule has 0 saturated heterocycles. The van der Waals surface area contributed by atoms with Gasteiger partial charge in [0.25, 0.3) is 5.91 Å². The summed E-state index contributed by atoms with van der Waals surface area (Å²) < 4.78 is 18.7. The van der Waals surface area contributed by atoms with Gasteiger partial charge in [-0.15, -0.1) is 0 Å². The molecule has 1 fully saturated rings. The van der Waals surface area contributed by atoms with Gasteiger partial charge in [0.15, 0.2) is 0 Å². The summed E-state index contributed by atoms with van der Waals surface area (Å²) in [5, 5.41) is 12.0. The smallest absolute Gasteiger partial charge is 0.258 e. The van der Waals surface area contributed by atoms with E-state index in [2.05, 4.69) is 5.32 Å². The van der Waals surface area contributed by atoms with Gasteiger partial charge in [0, 0.05) is 0 Å². The first-order valence-corrected chi connectivity index (χ1v) is 5.88. The molecule has 1 saturated carbocycles. The van der Waals surface area contributed by atoms with Crippen molar-refractivity contribution in [1.82, 2.24) is 5.32 Å². The van der Waals surface area contributed by atoms with Crippen molar-refractivity contribution in [3.8, 4) is 5.75 Å². The first-order valence-electron chi connectivity index (χ1n) is 5.88. The van der Waals surface area contributed by atoms with Crippen LogP contribution in [0, 0.1) is 5.82 Å². The van der Waals surface area contributed by atoms with Crippen LogP contribution in [0.25, 0.3) is 0 Å². The summed E-state index contributed by atoms with van der Waals surface area (Å²) in [5.74, 6) is -0.974. The zero-order valence-corrected chi connectivity index (χ0v) is 10.2. The zero-order valence-electron chi connectivity index (χ0n) is 10.2. The molecule has 0 radical (unpaired) electrons. The molecule has 2 rings (SSSR count). The van der Waals surface area contributed by atoms with E-state index in [4.69, 9.17) is 4.74 Å². The fourth-order valence-corrected chi connectivity index (χ4v) is 2.12. The lowest BCUT2D eigenvalue weighted by molar-refractivity contribution is 0.0636. The predicted molar refractivity (Wildman–Crippen MR) is 64.1 cm³/mol. The average Bonchev–Trinajstić information content (AvgIpc) is 2.33. The number of carbonyl (C=O) groups is 1.